The molecule has 0 fully saturated rings. The van der Waals surface area contributed by atoms with Gasteiger partial charge in [0.15, 0.2) is 0 Å². The molecule has 1 aromatic rings. The Balaban J connectivity index is 2.56. The summed E-state index contributed by atoms with van der Waals surface area (Å²) in [4.78, 5) is 11.3. The number of halogens is 2. The van der Waals surface area contributed by atoms with Crippen LogP contribution in [0.4, 0.5) is 0 Å². The Morgan fingerprint density at radius 2 is 2.18 bits per heavy atom. The highest BCUT2D eigenvalue weighted by atomic mass is 35.5. The first-order valence-corrected chi connectivity index (χ1v) is 6.01. The predicted molar refractivity (Wildman–Crippen MR) is 71.7 cm³/mol. The molecule has 0 aromatic heterocycles. The van der Waals surface area contributed by atoms with E-state index in [4.69, 9.17) is 23.2 Å². The van der Waals surface area contributed by atoms with Gasteiger partial charge >= 0.3 is 0 Å². The third-order valence-corrected chi connectivity index (χ3v) is 2.51. The molecule has 0 aliphatic heterocycles. The van der Waals surface area contributed by atoms with Crippen molar-refractivity contribution in [3.8, 4) is 0 Å². The van der Waals surface area contributed by atoms with Crippen molar-refractivity contribution >= 4 is 35.3 Å². The minimum Gasteiger partial charge on any atom is -0.273 e. The summed E-state index contributed by atoms with van der Waals surface area (Å²) in [5, 5.41) is 4.90. The van der Waals surface area contributed by atoms with Gasteiger partial charge in [-0.2, -0.15) is 5.10 Å². The van der Waals surface area contributed by atoms with Crippen LogP contribution in [0.5, 0.6) is 0 Å². The number of rotatable bonds is 4. The van der Waals surface area contributed by atoms with Crippen LogP contribution < -0.4 is 5.43 Å². The van der Waals surface area contributed by atoms with E-state index in [0.717, 1.165) is 0 Å². The molecular weight excluding hydrogens is 259 g/mol. The number of nitrogens with one attached hydrogen (secondary N) is 1. The molecule has 0 saturated heterocycles. The van der Waals surface area contributed by atoms with Crippen LogP contribution in [-0.2, 0) is 4.79 Å². The van der Waals surface area contributed by atoms with Crippen molar-refractivity contribution in [1.29, 1.82) is 0 Å². The van der Waals surface area contributed by atoms with Crippen LogP contribution in [0.25, 0.3) is 0 Å². The first-order chi connectivity index (χ1) is 7.99. The number of carbonyl (C=O) groups is 1. The molecule has 0 atom stereocenters. The van der Waals surface area contributed by atoms with E-state index >= 15 is 0 Å². The molecule has 0 bridgehead atoms. The van der Waals surface area contributed by atoms with Gasteiger partial charge in [-0.15, -0.1) is 0 Å². The zero-order chi connectivity index (χ0) is 12.8. The molecule has 0 aliphatic carbocycles. The van der Waals surface area contributed by atoms with Gasteiger partial charge in [-0.25, -0.2) is 5.43 Å². The number of amides is 1. The lowest BCUT2D eigenvalue weighted by molar-refractivity contribution is -0.121. The predicted octanol–water partition coefficient (Wildman–Crippen LogP) is 3.49. The summed E-state index contributed by atoms with van der Waals surface area (Å²) in [6.45, 7) is 3.94. The Labute approximate surface area is 111 Å². The van der Waals surface area contributed by atoms with Gasteiger partial charge in [0, 0.05) is 17.0 Å². The average molecular weight is 273 g/mol. The Morgan fingerprint density at radius 1 is 1.47 bits per heavy atom. The smallest absolute Gasteiger partial charge is 0.240 e. The second-order valence-electron chi connectivity index (χ2n) is 4.06. The van der Waals surface area contributed by atoms with Crippen LogP contribution in [0.2, 0.25) is 10.0 Å². The molecule has 1 amide bonds. The van der Waals surface area contributed by atoms with Crippen LogP contribution in [0.3, 0.4) is 0 Å². The average Bonchev–Trinajstić information content (AvgIpc) is 2.20. The van der Waals surface area contributed by atoms with Crippen LogP contribution in [-0.4, -0.2) is 12.1 Å². The highest BCUT2D eigenvalue weighted by Gasteiger charge is 2.03. The van der Waals surface area contributed by atoms with Crippen molar-refractivity contribution < 1.29 is 4.79 Å². The first kappa shape index (κ1) is 14.0. The van der Waals surface area contributed by atoms with E-state index in [2.05, 4.69) is 10.5 Å². The van der Waals surface area contributed by atoms with Gasteiger partial charge < -0.3 is 0 Å². The number of hydrogen-bond donors (Lipinski definition) is 1. The number of carbonyl (C=O) groups excluding carboxylic acids is 1. The Morgan fingerprint density at radius 3 is 2.76 bits per heavy atom. The molecule has 1 rings (SSSR count). The lowest BCUT2D eigenvalue weighted by Gasteiger charge is -2.02. The molecule has 0 aliphatic rings. The summed E-state index contributed by atoms with van der Waals surface area (Å²) in [6, 6.07) is 5.08. The Hall–Kier alpha value is -1.06. The SMILES string of the molecule is CC(C)CC(=O)N/N=C\c1ccc(Cl)cc1Cl. The summed E-state index contributed by atoms with van der Waals surface area (Å²) in [7, 11) is 0. The van der Waals surface area contributed by atoms with E-state index in [0.29, 0.717) is 27.9 Å². The molecule has 1 aromatic carbocycles. The fraction of sp³-hybridized carbons (Fsp3) is 0.333. The normalized spacial score (nSPS) is 11.1. The zero-order valence-electron chi connectivity index (χ0n) is 9.71. The maximum absolute atomic E-state index is 11.3. The number of nitrogens with zero attached hydrogens (tertiary/aromatic N) is 1. The fourth-order valence-electron chi connectivity index (χ4n) is 1.20. The third kappa shape index (κ3) is 5.20. The quantitative estimate of drug-likeness (QED) is 0.662. The standard InChI is InChI=1S/C12H14Cl2N2O/c1-8(2)5-12(17)16-15-7-9-3-4-10(13)6-11(9)14/h3-4,6-8H,5H2,1-2H3,(H,16,17)/b15-7-. The topological polar surface area (TPSA) is 41.5 Å². The van der Waals surface area contributed by atoms with E-state index in [-0.39, 0.29) is 5.91 Å². The second-order valence-corrected chi connectivity index (χ2v) is 4.90. The minimum absolute atomic E-state index is 0.110. The molecule has 5 heteroatoms. The first-order valence-electron chi connectivity index (χ1n) is 5.26. The molecule has 1 N–H and O–H groups in total. The molecule has 0 spiro atoms. The van der Waals surface area contributed by atoms with E-state index in [1.807, 2.05) is 13.8 Å². The zero-order valence-corrected chi connectivity index (χ0v) is 11.2. The molecule has 0 saturated carbocycles. The summed E-state index contributed by atoms with van der Waals surface area (Å²) >= 11 is 11.7. The minimum atomic E-state index is -0.110. The third-order valence-electron chi connectivity index (χ3n) is 1.95. The van der Waals surface area contributed by atoms with Crippen molar-refractivity contribution in [2.24, 2.45) is 11.0 Å². The van der Waals surface area contributed by atoms with Crippen LogP contribution >= 0.6 is 23.2 Å². The Kier molecular flexibility index (Phi) is 5.45. The van der Waals surface area contributed by atoms with Gasteiger partial charge in [0.25, 0.3) is 0 Å². The van der Waals surface area contributed by atoms with Gasteiger partial charge in [-0.1, -0.05) is 43.1 Å². The maximum atomic E-state index is 11.3. The highest BCUT2D eigenvalue weighted by Crippen LogP contribution is 2.19. The van der Waals surface area contributed by atoms with E-state index in [1.54, 1.807) is 18.2 Å². The summed E-state index contributed by atoms with van der Waals surface area (Å²) < 4.78 is 0. The summed E-state index contributed by atoms with van der Waals surface area (Å²) in [5.74, 6) is 0.200. The van der Waals surface area contributed by atoms with E-state index in [9.17, 15) is 4.79 Å². The van der Waals surface area contributed by atoms with Crippen molar-refractivity contribution in [2.75, 3.05) is 0 Å². The number of hydrogen-bond acceptors (Lipinski definition) is 2. The number of benzene rings is 1. The van der Waals surface area contributed by atoms with Crippen LogP contribution in [0, 0.1) is 5.92 Å². The largest absolute Gasteiger partial charge is 0.273 e. The van der Waals surface area contributed by atoms with Gasteiger partial charge in [0.2, 0.25) is 5.91 Å². The molecule has 0 radical (unpaired) electrons. The molecule has 3 nitrogen and oxygen atoms in total. The van der Waals surface area contributed by atoms with Crippen molar-refractivity contribution in [2.45, 2.75) is 20.3 Å². The lowest BCUT2D eigenvalue weighted by Crippen LogP contribution is -2.19. The molecular formula is C12H14Cl2N2O. The molecule has 17 heavy (non-hydrogen) atoms. The van der Waals surface area contributed by atoms with E-state index < -0.39 is 0 Å². The summed E-state index contributed by atoms with van der Waals surface area (Å²) in [5.41, 5.74) is 3.15. The van der Waals surface area contributed by atoms with Gasteiger partial charge in [0.05, 0.1) is 11.2 Å². The fourth-order valence-corrected chi connectivity index (χ4v) is 1.65. The lowest BCUT2D eigenvalue weighted by atomic mass is 10.1. The van der Waals surface area contributed by atoms with Gasteiger partial charge in [0.1, 0.15) is 0 Å². The van der Waals surface area contributed by atoms with Crippen molar-refractivity contribution in [3.05, 3.63) is 33.8 Å². The maximum Gasteiger partial charge on any atom is 0.240 e. The molecule has 92 valence electrons. The molecule has 0 heterocycles. The van der Waals surface area contributed by atoms with Gasteiger partial charge in [-0.05, 0) is 18.1 Å². The molecule has 0 unspecified atom stereocenters. The van der Waals surface area contributed by atoms with E-state index in [1.165, 1.54) is 6.21 Å². The van der Waals surface area contributed by atoms with Crippen LogP contribution in [0.15, 0.2) is 23.3 Å². The second kappa shape index (κ2) is 6.62. The number of hydrazone groups is 1. The van der Waals surface area contributed by atoms with Gasteiger partial charge in [-0.3, -0.25) is 4.79 Å². The monoisotopic (exact) mass is 272 g/mol. The van der Waals surface area contributed by atoms with Crippen LogP contribution in [0.1, 0.15) is 25.8 Å². The van der Waals surface area contributed by atoms with Crippen molar-refractivity contribution in [3.63, 3.8) is 0 Å². The summed E-state index contributed by atoms with van der Waals surface area (Å²) in [6.07, 6.45) is 1.95. The highest BCUT2D eigenvalue weighted by molar-refractivity contribution is 6.36. The van der Waals surface area contributed by atoms with Crippen molar-refractivity contribution in [1.82, 2.24) is 5.43 Å². The Bertz CT molecular complexity index is 431.